The molecular weight excluding hydrogens is 384 g/mol. The maximum Gasteiger partial charge on any atom is 0.321 e. The molecule has 1 fully saturated rings. The van der Waals surface area contributed by atoms with Crippen LogP contribution in [-0.2, 0) is 0 Å². The fourth-order valence-electron chi connectivity index (χ4n) is 3.57. The van der Waals surface area contributed by atoms with Crippen molar-refractivity contribution in [2.24, 2.45) is 0 Å². The third-order valence-corrected chi connectivity index (χ3v) is 5.19. The van der Waals surface area contributed by atoms with E-state index in [4.69, 9.17) is 9.47 Å². The summed E-state index contributed by atoms with van der Waals surface area (Å²) in [6.45, 7) is 3.68. The molecule has 9 heteroatoms. The number of anilines is 2. The Balaban J connectivity index is 1.17. The van der Waals surface area contributed by atoms with Crippen LogP contribution in [0.1, 0.15) is 0 Å². The van der Waals surface area contributed by atoms with Gasteiger partial charge in [-0.25, -0.2) is 4.79 Å². The summed E-state index contributed by atoms with van der Waals surface area (Å²) in [7, 11) is 0. The number of fused-ring (bicyclic) bond motifs is 1. The lowest BCUT2D eigenvalue weighted by Gasteiger charge is -2.35. The van der Waals surface area contributed by atoms with Gasteiger partial charge in [-0.2, -0.15) is 0 Å². The van der Waals surface area contributed by atoms with Gasteiger partial charge in [0.2, 0.25) is 0 Å². The molecule has 30 heavy (non-hydrogen) atoms. The van der Waals surface area contributed by atoms with Crippen molar-refractivity contribution in [3.05, 3.63) is 54.9 Å². The average molecular weight is 406 g/mol. The fourth-order valence-corrected chi connectivity index (χ4v) is 3.57. The van der Waals surface area contributed by atoms with Gasteiger partial charge < -0.3 is 29.2 Å². The van der Waals surface area contributed by atoms with Gasteiger partial charge in [-0.1, -0.05) is 0 Å². The van der Waals surface area contributed by atoms with E-state index in [9.17, 15) is 4.79 Å². The van der Waals surface area contributed by atoms with Gasteiger partial charge in [0.15, 0.2) is 23.1 Å². The molecule has 4 heterocycles. The SMILES string of the molecule is O=C(Nc1ccc2c(c1)OCCO2)N1CCN(c2ccc(-n3cccc3)nn2)CC1. The normalized spacial score (nSPS) is 15.7. The molecule has 0 spiro atoms. The molecule has 2 aromatic heterocycles. The van der Waals surface area contributed by atoms with Gasteiger partial charge in [-0.3, -0.25) is 0 Å². The zero-order chi connectivity index (χ0) is 20.3. The molecule has 1 N–H and O–H groups in total. The number of benzene rings is 1. The van der Waals surface area contributed by atoms with Gasteiger partial charge in [0.1, 0.15) is 13.2 Å². The van der Waals surface area contributed by atoms with Gasteiger partial charge >= 0.3 is 6.03 Å². The Morgan fingerprint density at radius 3 is 2.30 bits per heavy atom. The molecule has 9 nitrogen and oxygen atoms in total. The second-order valence-corrected chi connectivity index (χ2v) is 7.10. The molecule has 0 saturated carbocycles. The highest BCUT2D eigenvalue weighted by molar-refractivity contribution is 5.90. The lowest BCUT2D eigenvalue weighted by atomic mass is 10.2. The highest BCUT2D eigenvalue weighted by Crippen LogP contribution is 2.32. The first-order valence-corrected chi connectivity index (χ1v) is 9.94. The second kappa shape index (κ2) is 7.94. The first-order chi connectivity index (χ1) is 14.8. The van der Waals surface area contributed by atoms with Crippen LogP contribution in [-0.4, -0.2) is 65.1 Å². The molecule has 0 bridgehead atoms. The zero-order valence-electron chi connectivity index (χ0n) is 16.4. The number of nitrogens with one attached hydrogen (secondary N) is 1. The summed E-state index contributed by atoms with van der Waals surface area (Å²) in [5, 5.41) is 11.6. The van der Waals surface area contributed by atoms with Crippen molar-refractivity contribution in [1.82, 2.24) is 19.7 Å². The van der Waals surface area contributed by atoms with Crippen molar-refractivity contribution in [3.8, 4) is 17.3 Å². The number of carbonyl (C=O) groups is 1. The number of rotatable bonds is 3. The highest BCUT2D eigenvalue weighted by Gasteiger charge is 2.23. The number of hydrogen-bond donors (Lipinski definition) is 1. The number of piperazine rings is 1. The molecule has 5 rings (SSSR count). The van der Waals surface area contributed by atoms with Crippen molar-refractivity contribution in [1.29, 1.82) is 0 Å². The molecule has 2 aliphatic heterocycles. The summed E-state index contributed by atoms with van der Waals surface area (Å²) < 4.78 is 13.0. The van der Waals surface area contributed by atoms with E-state index in [0.29, 0.717) is 56.6 Å². The minimum absolute atomic E-state index is 0.125. The number of urea groups is 1. The number of nitrogens with zero attached hydrogens (tertiary/aromatic N) is 5. The fraction of sp³-hybridized carbons (Fsp3) is 0.286. The van der Waals surface area contributed by atoms with Crippen molar-refractivity contribution >= 4 is 17.5 Å². The third kappa shape index (κ3) is 3.73. The van der Waals surface area contributed by atoms with E-state index < -0.39 is 0 Å². The predicted octanol–water partition coefficient (Wildman–Crippen LogP) is 2.39. The van der Waals surface area contributed by atoms with E-state index >= 15 is 0 Å². The Hall–Kier alpha value is -3.75. The number of carbonyl (C=O) groups excluding carboxylic acids is 1. The molecule has 2 aliphatic rings. The van der Waals surface area contributed by atoms with Crippen LogP contribution in [0.25, 0.3) is 5.82 Å². The van der Waals surface area contributed by atoms with Gasteiger partial charge in [-0.05, 0) is 36.4 Å². The number of aromatic nitrogens is 3. The number of ether oxygens (including phenoxy) is 2. The maximum atomic E-state index is 12.6. The number of hydrogen-bond acceptors (Lipinski definition) is 6. The van der Waals surface area contributed by atoms with Crippen LogP contribution in [0, 0.1) is 0 Å². The zero-order valence-corrected chi connectivity index (χ0v) is 16.4. The third-order valence-electron chi connectivity index (χ3n) is 5.19. The summed E-state index contributed by atoms with van der Waals surface area (Å²) in [6, 6.07) is 13.1. The molecule has 154 valence electrons. The molecule has 0 radical (unpaired) electrons. The topological polar surface area (TPSA) is 84.8 Å². The highest BCUT2D eigenvalue weighted by atomic mass is 16.6. The molecule has 2 amide bonds. The van der Waals surface area contributed by atoms with E-state index in [-0.39, 0.29) is 6.03 Å². The Morgan fingerprint density at radius 1 is 0.867 bits per heavy atom. The van der Waals surface area contributed by atoms with Crippen LogP contribution >= 0.6 is 0 Å². The second-order valence-electron chi connectivity index (χ2n) is 7.10. The summed E-state index contributed by atoms with van der Waals surface area (Å²) in [5.41, 5.74) is 0.693. The lowest BCUT2D eigenvalue weighted by Crippen LogP contribution is -2.50. The van der Waals surface area contributed by atoms with Crippen LogP contribution in [0.2, 0.25) is 0 Å². The predicted molar refractivity (Wildman–Crippen MR) is 112 cm³/mol. The molecule has 1 saturated heterocycles. The van der Waals surface area contributed by atoms with Crippen LogP contribution in [0.15, 0.2) is 54.9 Å². The van der Waals surface area contributed by atoms with E-state index in [0.717, 1.165) is 11.6 Å². The first-order valence-electron chi connectivity index (χ1n) is 9.94. The van der Waals surface area contributed by atoms with Gasteiger partial charge in [-0.15, -0.1) is 10.2 Å². The number of amides is 2. The molecule has 1 aromatic carbocycles. The first kappa shape index (κ1) is 18.3. The van der Waals surface area contributed by atoms with E-state index in [1.165, 1.54) is 0 Å². The molecule has 0 aliphatic carbocycles. The Bertz CT molecular complexity index is 1010. The minimum atomic E-state index is -0.125. The van der Waals surface area contributed by atoms with Crippen LogP contribution in [0.5, 0.6) is 11.5 Å². The molecule has 0 atom stereocenters. The summed E-state index contributed by atoms with van der Waals surface area (Å²) in [5.74, 6) is 2.96. The molecule has 0 unspecified atom stereocenters. The van der Waals surface area contributed by atoms with Crippen molar-refractivity contribution in [2.75, 3.05) is 49.6 Å². The van der Waals surface area contributed by atoms with E-state index in [1.54, 1.807) is 11.0 Å². The Kier molecular flexibility index (Phi) is 4.84. The maximum absolute atomic E-state index is 12.6. The van der Waals surface area contributed by atoms with E-state index in [1.807, 2.05) is 53.4 Å². The van der Waals surface area contributed by atoms with Crippen LogP contribution in [0.4, 0.5) is 16.3 Å². The van der Waals surface area contributed by atoms with Gasteiger partial charge in [0, 0.05) is 50.3 Å². The van der Waals surface area contributed by atoms with Gasteiger partial charge in [0.25, 0.3) is 0 Å². The summed E-state index contributed by atoms with van der Waals surface area (Å²) >= 11 is 0. The lowest BCUT2D eigenvalue weighted by molar-refractivity contribution is 0.171. The Labute approximate surface area is 173 Å². The smallest absolute Gasteiger partial charge is 0.321 e. The summed E-state index contributed by atoms with van der Waals surface area (Å²) in [6.07, 6.45) is 3.87. The molecule has 3 aromatic rings. The molecular formula is C21H22N6O3. The largest absolute Gasteiger partial charge is 0.486 e. The van der Waals surface area contributed by atoms with Crippen LogP contribution < -0.4 is 19.7 Å². The van der Waals surface area contributed by atoms with Crippen LogP contribution in [0.3, 0.4) is 0 Å². The standard InChI is InChI=1S/C21H22N6O3/c28-21(22-16-3-4-17-18(15-16)30-14-13-29-17)27-11-9-26(10-12-27)20-6-5-19(23-24-20)25-7-1-2-8-25/h1-8,15H,9-14H2,(H,22,28). The monoisotopic (exact) mass is 406 g/mol. The minimum Gasteiger partial charge on any atom is -0.486 e. The quantitative estimate of drug-likeness (QED) is 0.719. The van der Waals surface area contributed by atoms with Crippen molar-refractivity contribution in [2.45, 2.75) is 0 Å². The van der Waals surface area contributed by atoms with E-state index in [2.05, 4.69) is 20.4 Å². The van der Waals surface area contributed by atoms with Crippen molar-refractivity contribution in [3.63, 3.8) is 0 Å². The Morgan fingerprint density at radius 2 is 1.57 bits per heavy atom. The average Bonchev–Trinajstić information content (AvgIpc) is 3.34. The summed E-state index contributed by atoms with van der Waals surface area (Å²) in [4.78, 5) is 16.6. The van der Waals surface area contributed by atoms with Gasteiger partial charge in [0.05, 0.1) is 0 Å². The van der Waals surface area contributed by atoms with Crippen molar-refractivity contribution < 1.29 is 14.3 Å².